The Morgan fingerprint density at radius 2 is 1.69 bits per heavy atom. The minimum Gasteiger partial charge on any atom is -0.489 e. The number of carbonyl (C=O) groups is 1. The summed E-state index contributed by atoms with van der Waals surface area (Å²) in [6.07, 6.45) is 1.66. The lowest BCUT2D eigenvalue weighted by Gasteiger charge is -2.06. The molecule has 6 heteroatoms. The molecule has 0 bridgehead atoms. The Morgan fingerprint density at radius 1 is 0.931 bits per heavy atom. The van der Waals surface area contributed by atoms with Gasteiger partial charge in [-0.1, -0.05) is 65.7 Å². The zero-order chi connectivity index (χ0) is 20.2. The van der Waals surface area contributed by atoms with Crippen LogP contribution in [0.3, 0.4) is 0 Å². The van der Waals surface area contributed by atoms with Gasteiger partial charge in [0.05, 0.1) is 10.0 Å². The van der Waals surface area contributed by atoms with E-state index in [1.54, 1.807) is 24.3 Å². The standard InChI is InChI=1S/C23H15Cl2NO3/c24-19-11-8-17(13-20(19)25)22-26-21(23(27)29-22)12-15-6-9-18(10-7-15)28-14-16-4-2-1-3-5-16/h1-13H,14H2/b21-12-. The molecule has 0 spiro atoms. The van der Waals surface area contributed by atoms with E-state index in [0.29, 0.717) is 22.2 Å². The summed E-state index contributed by atoms with van der Waals surface area (Å²) in [4.78, 5) is 16.4. The number of rotatable bonds is 5. The molecule has 0 saturated heterocycles. The smallest absolute Gasteiger partial charge is 0.363 e. The van der Waals surface area contributed by atoms with E-state index in [4.69, 9.17) is 32.7 Å². The Kier molecular flexibility index (Phi) is 5.65. The first-order valence-corrected chi connectivity index (χ1v) is 9.59. The molecule has 0 atom stereocenters. The molecule has 0 fully saturated rings. The van der Waals surface area contributed by atoms with Crippen molar-refractivity contribution in [2.24, 2.45) is 4.99 Å². The van der Waals surface area contributed by atoms with Gasteiger partial charge >= 0.3 is 5.97 Å². The Bertz CT molecular complexity index is 1110. The molecule has 3 aromatic carbocycles. The highest BCUT2D eigenvalue weighted by atomic mass is 35.5. The van der Waals surface area contributed by atoms with Crippen LogP contribution in [-0.2, 0) is 16.1 Å². The first-order chi connectivity index (χ1) is 14.1. The summed E-state index contributed by atoms with van der Waals surface area (Å²) in [7, 11) is 0. The molecule has 0 radical (unpaired) electrons. The molecule has 0 aromatic heterocycles. The number of carbonyl (C=O) groups excluding carboxylic acids is 1. The second-order valence-corrected chi connectivity index (χ2v) is 7.12. The summed E-state index contributed by atoms with van der Waals surface area (Å²) in [6, 6.07) is 22.3. The maximum absolute atomic E-state index is 12.2. The van der Waals surface area contributed by atoms with Gasteiger partial charge in [-0.3, -0.25) is 0 Å². The number of cyclic esters (lactones) is 1. The maximum Gasteiger partial charge on any atom is 0.363 e. The minimum absolute atomic E-state index is 0.197. The number of benzene rings is 3. The monoisotopic (exact) mass is 423 g/mol. The van der Waals surface area contributed by atoms with Gasteiger partial charge in [0.1, 0.15) is 12.4 Å². The van der Waals surface area contributed by atoms with Crippen LogP contribution in [0, 0.1) is 0 Å². The molecular formula is C23H15Cl2NO3. The van der Waals surface area contributed by atoms with Gasteiger partial charge in [0, 0.05) is 5.56 Å². The predicted octanol–water partition coefficient (Wildman–Crippen LogP) is 5.92. The van der Waals surface area contributed by atoms with Crippen LogP contribution in [0.1, 0.15) is 16.7 Å². The van der Waals surface area contributed by atoms with Crippen molar-refractivity contribution in [3.63, 3.8) is 0 Å². The van der Waals surface area contributed by atoms with Crippen molar-refractivity contribution in [1.29, 1.82) is 0 Å². The number of ether oxygens (including phenoxy) is 2. The van der Waals surface area contributed by atoms with Crippen molar-refractivity contribution in [1.82, 2.24) is 0 Å². The highest BCUT2D eigenvalue weighted by Gasteiger charge is 2.24. The van der Waals surface area contributed by atoms with Gasteiger partial charge in [-0.25, -0.2) is 9.79 Å². The number of halogens is 2. The summed E-state index contributed by atoms with van der Waals surface area (Å²) in [6.45, 7) is 0.491. The molecule has 3 aromatic rings. The van der Waals surface area contributed by atoms with Gasteiger partial charge in [-0.2, -0.15) is 0 Å². The second kappa shape index (κ2) is 8.52. The topological polar surface area (TPSA) is 47.9 Å². The molecule has 1 heterocycles. The van der Waals surface area contributed by atoms with Crippen molar-refractivity contribution in [2.75, 3.05) is 0 Å². The van der Waals surface area contributed by atoms with Crippen LogP contribution in [0.2, 0.25) is 10.0 Å². The molecule has 1 aliphatic rings. The van der Waals surface area contributed by atoms with Gasteiger partial charge in [-0.05, 0) is 47.5 Å². The quantitative estimate of drug-likeness (QED) is 0.378. The number of aliphatic imine (C=N–C) groups is 1. The highest BCUT2D eigenvalue weighted by molar-refractivity contribution is 6.42. The highest BCUT2D eigenvalue weighted by Crippen LogP contribution is 2.26. The Morgan fingerprint density at radius 3 is 2.41 bits per heavy atom. The van der Waals surface area contributed by atoms with Crippen LogP contribution in [0.4, 0.5) is 0 Å². The van der Waals surface area contributed by atoms with E-state index < -0.39 is 5.97 Å². The van der Waals surface area contributed by atoms with Crippen molar-refractivity contribution in [3.8, 4) is 5.75 Å². The molecule has 1 aliphatic heterocycles. The van der Waals surface area contributed by atoms with Crippen molar-refractivity contribution in [2.45, 2.75) is 6.61 Å². The lowest BCUT2D eigenvalue weighted by Crippen LogP contribution is -2.05. The Labute approximate surface area is 178 Å². The Balaban J connectivity index is 1.47. The summed E-state index contributed by atoms with van der Waals surface area (Å²) in [5.41, 5.74) is 2.70. The molecule has 0 amide bonds. The van der Waals surface area contributed by atoms with Crippen LogP contribution in [0.5, 0.6) is 5.75 Å². The third kappa shape index (κ3) is 4.67. The third-order valence-corrected chi connectivity index (χ3v) is 4.96. The molecule has 0 saturated carbocycles. The first-order valence-electron chi connectivity index (χ1n) is 8.83. The van der Waals surface area contributed by atoms with Crippen LogP contribution in [0.15, 0.2) is 83.5 Å². The number of esters is 1. The van der Waals surface area contributed by atoms with Crippen LogP contribution >= 0.6 is 23.2 Å². The fourth-order valence-corrected chi connectivity index (χ4v) is 3.02. The molecule has 0 N–H and O–H groups in total. The maximum atomic E-state index is 12.2. The lowest BCUT2D eigenvalue weighted by atomic mass is 10.2. The summed E-state index contributed by atoms with van der Waals surface area (Å²) >= 11 is 11.9. The fourth-order valence-electron chi connectivity index (χ4n) is 2.72. The zero-order valence-electron chi connectivity index (χ0n) is 15.1. The molecule has 0 unspecified atom stereocenters. The largest absolute Gasteiger partial charge is 0.489 e. The van der Waals surface area contributed by atoms with Gasteiger partial charge in [0.2, 0.25) is 5.90 Å². The SMILES string of the molecule is O=C1OC(c2ccc(Cl)c(Cl)c2)=N/C1=C\c1ccc(OCc2ccccc2)cc1. The van der Waals surface area contributed by atoms with Crippen LogP contribution < -0.4 is 4.74 Å². The average Bonchev–Trinajstić information content (AvgIpc) is 3.10. The second-order valence-electron chi connectivity index (χ2n) is 6.31. The van der Waals surface area contributed by atoms with Crippen molar-refractivity contribution in [3.05, 3.63) is 105 Å². The normalized spacial score (nSPS) is 14.6. The molecule has 0 aliphatic carbocycles. The van der Waals surface area contributed by atoms with Gasteiger partial charge in [0.15, 0.2) is 5.70 Å². The third-order valence-electron chi connectivity index (χ3n) is 4.22. The summed E-state index contributed by atoms with van der Waals surface area (Å²) in [5.74, 6) is 0.420. The van der Waals surface area contributed by atoms with Crippen LogP contribution in [-0.4, -0.2) is 11.9 Å². The molecule has 144 valence electrons. The van der Waals surface area contributed by atoms with E-state index >= 15 is 0 Å². The zero-order valence-corrected chi connectivity index (χ0v) is 16.7. The van der Waals surface area contributed by atoms with E-state index in [1.165, 1.54) is 0 Å². The molecule has 4 nitrogen and oxygen atoms in total. The fraction of sp³-hybridized carbons (Fsp3) is 0.0435. The Hall–Kier alpha value is -3.08. The minimum atomic E-state index is -0.518. The van der Waals surface area contributed by atoms with Gasteiger partial charge in [-0.15, -0.1) is 0 Å². The number of nitrogens with zero attached hydrogens (tertiary/aromatic N) is 1. The van der Waals surface area contributed by atoms with E-state index in [-0.39, 0.29) is 11.6 Å². The van der Waals surface area contributed by atoms with Gasteiger partial charge in [0.25, 0.3) is 0 Å². The summed E-state index contributed by atoms with van der Waals surface area (Å²) < 4.78 is 11.0. The number of hydrogen-bond donors (Lipinski definition) is 0. The van der Waals surface area contributed by atoms with Crippen molar-refractivity contribution < 1.29 is 14.3 Å². The molecular weight excluding hydrogens is 409 g/mol. The van der Waals surface area contributed by atoms with Crippen LogP contribution in [0.25, 0.3) is 6.08 Å². The van der Waals surface area contributed by atoms with Crippen molar-refractivity contribution >= 4 is 41.1 Å². The average molecular weight is 424 g/mol. The van der Waals surface area contributed by atoms with E-state index in [9.17, 15) is 4.79 Å². The summed E-state index contributed by atoms with van der Waals surface area (Å²) in [5, 5.41) is 0.789. The van der Waals surface area contributed by atoms with E-state index in [1.807, 2.05) is 54.6 Å². The number of hydrogen-bond acceptors (Lipinski definition) is 4. The van der Waals surface area contributed by atoms with E-state index in [0.717, 1.165) is 16.9 Å². The van der Waals surface area contributed by atoms with Gasteiger partial charge < -0.3 is 9.47 Å². The van der Waals surface area contributed by atoms with E-state index in [2.05, 4.69) is 4.99 Å². The molecule has 29 heavy (non-hydrogen) atoms. The lowest BCUT2D eigenvalue weighted by molar-refractivity contribution is -0.129. The predicted molar refractivity (Wildman–Crippen MR) is 114 cm³/mol. The first kappa shape index (κ1) is 19.2. The molecule has 4 rings (SSSR count).